The number of imidazole rings is 1. The Morgan fingerprint density at radius 2 is 1.96 bits per heavy atom. The van der Waals surface area contributed by atoms with Crippen LogP contribution in [0.3, 0.4) is 0 Å². The van der Waals surface area contributed by atoms with Crippen molar-refractivity contribution in [3.05, 3.63) is 54.0 Å². The summed E-state index contributed by atoms with van der Waals surface area (Å²) in [6.45, 7) is 2.44. The number of H-pyrrole nitrogens is 1. The Morgan fingerprint density at radius 3 is 2.81 bits per heavy atom. The molecule has 1 aromatic carbocycles. The van der Waals surface area contributed by atoms with Gasteiger partial charge in [0.05, 0.1) is 16.6 Å². The Kier molecular flexibility index (Phi) is 5.32. The molecule has 6 heteroatoms. The molecule has 1 aliphatic rings. The summed E-state index contributed by atoms with van der Waals surface area (Å²) in [5.74, 6) is 1.75. The van der Waals surface area contributed by atoms with Gasteiger partial charge in [0.1, 0.15) is 11.6 Å². The highest BCUT2D eigenvalue weighted by molar-refractivity contribution is 5.98. The summed E-state index contributed by atoms with van der Waals surface area (Å²) >= 11 is 0. The fourth-order valence-corrected chi connectivity index (χ4v) is 3.57. The van der Waals surface area contributed by atoms with Crippen LogP contribution in [0.5, 0.6) is 0 Å². The van der Waals surface area contributed by atoms with E-state index in [2.05, 4.69) is 20.3 Å². The van der Waals surface area contributed by atoms with Gasteiger partial charge >= 0.3 is 0 Å². The number of amides is 1. The van der Waals surface area contributed by atoms with Gasteiger partial charge in [-0.1, -0.05) is 12.1 Å². The molecule has 0 aliphatic carbocycles. The van der Waals surface area contributed by atoms with Gasteiger partial charge in [-0.2, -0.15) is 0 Å². The molecule has 1 aliphatic heterocycles. The van der Waals surface area contributed by atoms with Crippen LogP contribution in [0.15, 0.2) is 42.6 Å². The highest BCUT2D eigenvalue weighted by Gasteiger charge is 2.21. The summed E-state index contributed by atoms with van der Waals surface area (Å²) in [4.78, 5) is 27.1. The van der Waals surface area contributed by atoms with Crippen LogP contribution in [-0.4, -0.2) is 45.4 Å². The Bertz CT molecular complexity index is 881. The Balaban J connectivity index is 1.34. The lowest BCUT2D eigenvalue weighted by Gasteiger charge is -2.27. The van der Waals surface area contributed by atoms with Crippen molar-refractivity contribution in [2.45, 2.75) is 32.1 Å². The summed E-state index contributed by atoms with van der Waals surface area (Å²) in [6.07, 6.45) is 6.88. The van der Waals surface area contributed by atoms with Crippen molar-refractivity contribution in [1.82, 2.24) is 19.9 Å². The molecule has 140 valence electrons. The van der Waals surface area contributed by atoms with Crippen molar-refractivity contribution >= 4 is 22.8 Å². The van der Waals surface area contributed by atoms with E-state index in [-0.39, 0.29) is 5.91 Å². The maximum absolute atomic E-state index is 12.8. The van der Waals surface area contributed by atoms with Crippen LogP contribution in [0.1, 0.15) is 41.9 Å². The normalized spacial score (nSPS) is 14.4. The average Bonchev–Trinajstić information content (AvgIpc) is 3.14. The molecule has 2 aromatic heterocycles. The van der Waals surface area contributed by atoms with Crippen molar-refractivity contribution in [3.8, 4) is 0 Å². The van der Waals surface area contributed by atoms with Crippen LogP contribution in [0.4, 0.5) is 5.82 Å². The number of benzene rings is 1. The van der Waals surface area contributed by atoms with Gasteiger partial charge in [-0.05, 0) is 49.9 Å². The highest BCUT2D eigenvalue weighted by atomic mass is 16.2. The van der Waals surface area contributed by atoms with E-state index in [4.69, 9.17) is 0 Å². The largest absolute Gasteiger partial charge is 0.369 e. The first-order chi connectivity index (χ1) is 13.3. The molecule has 6 nitrogen and oxygen atoms in total. The van der Waals surface area contributed by atoms with Gasteiger partial charge in [-0.25, -0.2) is 9.97 Å². The SMILES string of the molecule is O=C(c1cccnc1NCCCc1nc2ccccc2[nH]1)N1CCCCC1. The van der Waals surface area contributed by atoms with Crippen LogP contribution >= 0.6 is 0 Å². The third kappa shape index (κ3) is 4.10. The third-order valence-electron chi connectivity index (χ3n) is 5.00. The molecule has 1 amide bonds. The quantitative estimate of drug-likeness (QED) is 0.656. The zero-order valence-electron chi connectivity index (χ0n) is 15.4. The number of para-hydroxylation sites is 2. The molecule has 0 spiro atoms. The number of aromatic nitrogens is 3. The predicted octanol–water partition coefficient (Wildman–Crippen LogP) is 3.63. The lowest BCUT2D eigenvalue weighted by molar-refractivity contribution is 0.0725. The number of pyridine rings is 1. The predicted molar refractivity (Wildman–Crippen MR) is 107 cm³/mol. The summed E-state index contributed by atoms with van der Waals surface area (Å²) < 4.78 is 0. The number of rotatable bonds is 6. The minimum atomic E-state index is 0.0857. The lowest BCUT2D eigenvalue weighted by Crippen LogP contribution is -2.36. The third-order valence-corrected chi connectivity index (χ3v) is 5.00. The number of carbonyl (C=O) groups is 1. The van der Waals surface area contributed by atoms with Crippen molar-refractivity contribution in [3.63, 3.8) is 0 Å². The molecule has 1 saturated heterocycles. The number of nitrogens with zero attached hydrogens (tertiary/aromatic N) is 3. The van der Waals surface area contributed by atoms with Gasteiger partial charge < -0.3 is 15.2 Å². The smallest absolute Gasteiger partial charge is 0.257 e. The molecule has 0 radical (unpaired) electrons. The molecule has 0 unspecified atom stereocenters. The van der Waals surface area contributed by atoms with E-state index in [1.165, 1.54) is 6.42 Å². The average molecular weight is 363 g/mol. The number of hydrogen-bond acceptors (Lipinski definition) is 4. The fraction of sp³-hybridized carbons (Fsp3) is 0.381. The number of piperidine rings is 1. The molecular formula is C21H25N5O. The first kappa shape index (κ1) is 17.5. The number of carbonyl (C=O) groups excluding carboxylic acids is 1. The van der Waals surface area contributed by atoms with Crippen molar-refractivity contribution in [2.24, 2.45) is 0 Å². The molecule has 0 saturated carbocycles. The van der Waals surface area contributed by atoms with Gasteiger partial charge in [-0.3, -0.25) is 4.79 Å². The second kappa shape index (κ2) is 8.20. The molecule has 27 heavy (non-hydrogen) atoms. The molecule has 0 atom stereocenters. The molecule has 1 fully saturated rings. The van der Waals surface area contributed by atoms with Gasteiger partial charge in [0.2, 0.25) is 0 Å². The maximum Gasteiger partial charge on any atom is 0.257 e. The topological polar surface area (TPSA) is 73.9 Å². The number of nitrogens with one attached hydrogen (secondary N) is 2. The van der Waals surface area contributed by atoms with Crippen LogP contribution in [-0.2, 0) is 6.42 Å². The zero-order valence-corrected chi connectivity index (χ0v) is 15.4. The number of aromatic amines is 1. The van der Waals surface area contributed by atoms with Gasteiger partial charge in [-0.15, -0.1) is 0 Å². The minimum absolute atomic E-state index is 0.0857. The van der Waals surface area contributed by atoms with Gasteiger partial charge in [0.15, 0.2) is 0 Å². The molecule has 4 rings (SSSR count). The van der Waals surface area contributed by atoms with E-state index in [1.54, 1.807) is 6.20 Å². The van der Waals surface area contributed by atoms with E-state index >= 15 is 0 Å². The van der Waals surface area contributed by atoms with Crippen molar-refractivity contribution in [1.29, 1.82) is 0 Å². The van der Waals surface area contributed by atoms with E-state index in [9.17, 15) is 4.79 Å². The summed E-state index contributed by atoms with van der Waals surface area (Å²) in [6, 6.07) is 11.8. The Labute approximate surface area is 159 Å². The van der Waals surface area contributed by atoms with Crippen LogP contribution in [0, 0.1) is 0 Å². The number of anilines is 1. The second-order valence-electron chi connectivity index (χ2n) is 6.98. The van der Waals surface area contributed by atoms with E-state index < -0.39 is 0 Å². The van der Waals surface area contributed by atoms with Crippen molar-refractivity contribution < 1.29 is 4.79 Å². The first-order valence-electron chi connectivity index (χ1n) is 9.73. The van der Waals surface area contributed by atoms with Gasteiger partial charge in [0.25, 0.3) is 5.91 Å². The van der Waals surface area contributed by atoms with Crippen LogP contribution in [0.2, 0.25) is 0 Å². The van der Waals surface area contributed by atoms with Crippen molar-refractivity contribution in [2.75, 3.05) is 25.0 Å². The summed E-state index contributed by atoms with van der Waals surface area (Å²) in [7, 11) is 0. The minimum Gasteiger partial charge on any atom is -0.369 e. The van der Waals surface area contributed by atoms with E-state index in [0.717, 1.165) is 62.2 Å². The van der Waals surface area contributed by atoms with E-state index in [1.807, 2.05) is 41.3 Å². The first-order valence-corrected chi connectivity index (χ1v) is 9.73. The number of fused-ring (bicyclic) bond motifs is 1. The Morgan fingerprint density at radius 1 is 1.11 bits per heavy atom. The maximum atomic E-state index is 12.8. The second-order valence-corrected chi connectivity index (χ2v) is 6.98. The molecule has 0 bridgehead atoms. The Hall–Kier alpha value is -2.89. The number of hydrogen-bond donors (Lipinski definition) is 2. The molecular weight excluding hydrogens is 338 g/mol. The molecule has 3 heterocycles. The summed E-state index contributed by atoms with van der Waals surface area (Å²) in [5.41, 5.74) is 2.74. The van der Waals surface area contributed by atoms with Gasteiger partial charge in [0, 0.05) is 32.3 Å². The van der Waals surface area contributed by atoms with Crippen LogP contribution < -0.4 is 5.32 Å². The number of aryl methyl sites for hydroxylation is 1. The highest BCUT2D eigenvalue weighted by Crippen LogP contribution is 2.18. The fourth-order valence-electron chi connectivity index (χ4n) is 3.57. The lowest BCUT2D eigenvalue weighted by atomic mass is 10.1. The number of likely N-dealkylation sites (tertiary alicyclic amines) is 1. The molecule has 3 aromatic rings. The molecule has 2 N–H and O–H groups in total. The van der Waals surface area contributed by atoms with E-state index in [0.29, 0.717) is 11.4 Å². The standard InChI is InChI=1S/C21H25N5O/c27-21(26-14-4-1-5-15-26)16-8-6-12-22-20(16)23-13-7-11-19-24-17-9-2-3-10-18(17)25-19/h2-3,6,8-10,12H,1,4-5,7,11,13-15H2,(H,22,23)(H,24,25). The zero-order chi connectivity index (χ0) is 18.5. The summed E-state index contributed by atoms with van der Waals surface area (Å²) in [5, 5.41) is 3.34. The van der Waals surface area contributed by atoms with Crippen LogP contribution in [0.25, 0.3) is 11.0 Å². The monoisotopic (exact) mass is 363 g/mol.